The maximum absolute atomic E-state index is 5.65. The van der Waals surface area contributed by atoms with E-state index in [2.05, 4.69) is 5.10 Å². The third kappa shape index (κ3) is 2.36. The second-order valence-electron chi connectivity index (χ2n) is 3.21. The summed E-state index contributed by atoms with van der Waals surface area (Å²) in [6.07, 6.45) is 0. The Balaban J connectivity index is 0.00000112. The second-order valence-corrected chi connectivity index (χ2v) is 3.21. The summed E-state index contributed by atoms with van der Waals surface area (Å²) >= 11 is 0. The number of aromatic nitrogens is 2. The van der Waals surface area contributed by atoms with Gasteiger partial charge in [-0.25, -0.2) is 0 Å². The van der Waals surface area contributed by atoms with Crippen LogP contribution < -0.4 is 27.4 Å². The number of halogens is 1. The number of nitrogens with zero attached hydrogens (tertiary/aromatic N) is 2. The smallest absolute Gasteiger partial charge is 0.480 e. The van der Waals surface area contributed by atoms with Crippen LogP contribution in [0, 0.1) is 13.8 Å². The Morgan fingerprint density at radius 3 is 2.27 bits per heavy atom. The number of hydrogen-bond donors (Lipinski definition) is 1. The van der Waals surface area contributed by atoms with E-state index >= 15 is 0 Å². The van der Waals surface area contributed by atoms with Crippen LogP contribution in [-0.2, 0) is 0 Å². The van der Waals surface area contributed by atoms with Crippen molar-refractivity contribution in [1.29, 1.82) is 0 Å². The summed E-state index contributed by atoms with van der Waals surface area (Å²) in [6.45, 7) is 3.80. The summed E-state index contributed by atoms with van der Waals surface area (Å²) in [5, 5.41) is 4.14. The predicted molar refractivity (Wildman–Crippen MR) is 51.9 cm³/mol. The normalized spacial score (nSPS) is 9.73. The lowest BCUT2D eigenvalue weighted by atomic mass is 10.2. The van der Waals surface area contributed by atoms with Gasteiger partial charge in [-0.05, 0) is 24.2 Å². The molecule has 2 N–H and O–H groups in total. The summed E-state index contributed by atoms with van der Waals surface area (Å²) in [6, 6.07) is 8.21. The molecule has 0 aliphatic heterocycles. The average Bonchev–Trinajstić information content (AvgIpc) is 2.47. The van der Waals surface area contributed by atoms with Crippen molar-refractivity contribution in [3.8, 4) is 5.69 Å². The lowest BCUT2D eigenvalue weighted by Crippen LogP contribution is -3.00. The molecule has 0 spiro atoms. The molecular weight excluding hydrogens is 258 g/mol. The average molecular weight is 270 g/mol. The summed E-state index contributed by atoms with van der Waals surface area (Å²) in [4.78, 5) is 0. The van der Waals surface area contributed by atoms with Crippen molar-refractivity contribution in [2.45, 2.75) is 13.8 Å². The van der Waals surface area contributed by atoms with Gasteiger partial charge in [0, 0.05) is 6.92 Å². The maximum atomic E-state index is 5.65. The van der Waals surface area contributed by atoms with Crippen molar-refractivity contribution in [3.63, 3.8) is 0 Å². The minimum atomic E-state index is 0. The largest absolute Gasteiger partial charge is 1.00 e. The third-order valence-electron chi connectivity index (χ3n) is 1.98. The molecule has 2 rings (SSSR count). The first-order valence-corrected chi connectivity index (χ1v) is 4.39. The molecule has 0 saturated carbocycles. The number of benzene rings is 1. The Kier molecular flexibility index (Phi) is 3.47. The highest BCUT2D eigenvalue weighted by Gasteiger charge is 2.14. The van der Waals surface area contributed by atoms with Crippen LogP contribution in [-0.4, -0.2) is 5.10 Å². The summed E-state index contributed by atoms with van der Waals surface area (Å²) < 4.78 is 6.71. The molecule has 1 aromatic heterocycles. The molecule has 0 radical (unpaired) electrons. The van der Waals surface area contributed by atoms with Crippen LogP contribution in [0.1, 0.15) is 11.5 Å². The van der Waals surface area contributed by atoms with Gasteiger partial charge in [0.05, 0.1) is 0 Å². The van der Waals surface area contributed by atoms with Gasteiger partial charge >= 0.3 is 6.01 Å². The van der Waals surface area contributed by atoms with Crippen molar-refractivity contribution < 1.29 is 26.1 Å². The molecule has 0 aliphatic carbocycles. The van der Waals surface area contributed by atoms with Crippen LogP contribution in [0.2, 0.25) is 0 Å². The predicted octanol–water partition coefficient (Wildman–Crippen LogP) is -1.85. The zero-order chi connectivity index (χ0) is 10.1. The first-order valence-electron chi connectivity index (χ1n) is 4.39. The van der Waals surface area contributed by atoms with Gasteiger partial charge in [0.25, 0.3) is 0 Å². The van der Waals surface area contributed by atoms with E-state index < -0.39 is 0 Å². The van der Waals surface area contributed by atoms with Crippen molar-refractivity contribution in [1.82, 2.24) is 5.10 Å². The van der Waals surface area contributed by atoms with Crippen LogP contribution in [0.5, 0.6) is 0 Å². The number of rotatable bonds is 1. The topological polar surface area (TPSA) is 55.9 Å². The molecule has 4 nitrogen and oxygen atoms in total. The van der Waals surface area contributed by atoms with Crippen LogP contribution in [0.3, 0.4) is 0 Å². The SMILES string of the molecule is Cc1ccc(-[n+]2nc(C)oc2N)cc1.[Br-]. The number of anilines is 1. The van der Waals surface area contributed by atoms with Gasteiger partial charge in [0.1, 0.15) is 0 Å². The first-order chi connectivity index (χ1) is 6.66. The summed E-state index contributed by atoms with van der Waals surface area (Å²) in [7, 11) is 0. The lowest BCUT2D eigenvalue weighted by molar-refractivity contribution is -0.645. The number of hydrogen-bond acceptors (Lipinski definition) is 3. The zero-order valence-corrected chi connectivity index (χ0v) is 10.2. The Labute approximate surface area is 98.5 Å². The first kappa shape index (κ1) is 11.7. The minimum absolute atomic E-state index is 0. The third-order valence-corrected chi connectivity index (χ3v) is 1.98. The van der Waals surface area contributed by atoms with Gasteiger partial charge in [-0.3, -0.25) is 5.73 Å². The Morgan fingerprint density at radius 1 is 1.20 bits per heavy atom. The van der Waals surface area contributed by atoms with Crippen LogP contribution in [0.15, 0.2) is 28.7 Å². The zero-order valence-electron chi connectivity index (χ0n) is 8.57. The molecule has 15 heavy (non-hydrogen) atoms. The second kappa shape index (κ2) is 4.44. The minimum Gasteiger partial charge on any atom is -1.00 e. The van der Waals surface area contributed by atoms with E-state index in [0.717, 1.165) is 5.69 Å². The molecule has 0 atom stereocenters. The van der Waals surface area contributed by atoms with Gasteiger partial charge in [0.2, 0.25) is 5.89 Å². The quantitative estimate of drug-likeness (QED) is 0.619. The fourth-order valence-electron chi connectivity index (χ4n) is 1.28. The molecule has 0 amide bonds. The molecule has 0 aliphatic rings. The molecule has 0 saturated heterocycles. The summed E-state index contributed by atoms with van der Waals surface area (Å²) in [5.74, 6) is 0.558. The van der Waals surface area contributed by atoms with E-state index in [-0.39, 0.29) is 17.0 Å². The number of aryl methyl sites for hydroxylation is 2. The lowest BCUT2D eigenvalue weighted by Gasteiger charge is -1.93. The summed E-state index contributed by atoms with van der Waals surface area (Å²) in [5.41, 5.74) is 7.75. The van der Waals surface area contributed by atoms with Crippen LogP contribution >= 0.6 is 0 Å². The standard InChI is InChI=1S/C10H11N3O.BrH/c1-7-3-5-9(6-4-7)13-10(11)14-8(2)12-13;/h3-6,11H,1-2H3;1H. The van der Waals surface area contributed by atoms with Crippen LogP contribution in [0.4, 0.5) is 6.01 Å². The molecule has 0 bridgehead atoms. The van der Waals surface area contributed by atoms with Crippen LogP contribution in [0.25, 0.3) is 5.69 Å². The highest BCUT2D eigenvalue weighted by Crippen LogP contribution is 2.05. The Hall–Kier alpha value is -1.36. The van der Waals surface area contributed by atoms with Crippen molar-refractivity contribution in [2.75, 3.05) is 5.73 Å². The number of nitrogens with two attached hydrogens (primary N) is 1. The van der Waals surface area contributed by atoms with E-state index in [4.69, 9.17) is 10.2 Å². The maximum Gasteiger partial charge on any atom is 0.480 e. The number of nitrogen functional groups attached to an aromatic ring is 1. The van der Waals surface area contributed by atoms with E-state index in [1.54, 1.807) is 11.6 Å². The molecular formula is C10H12BrN3O. The van der Waals surface area contributed by atoms with Crippen molar-refractivity contribution in [2.24, 2.45) is 0 Å². The van der Waals surface area contributed by atoms with E-state index in [1.165, 1.54) is 5.56 Å². The molecule has 5 heteroatoms. The molecule has 1 heterocycles. The Morgan fingerprint density at radius 2 is 1.80 bits per heavy atom. The van der Waals surface area contributed by atoms with Crippen molar-refractivity contribution >= 4 is 6.01 Å². The highest BCUT2D eigenvalue weighted by molar-refractivity contribution is 5.27. The monoisotopic (exact) mass is 269 g/mol. The van der Waals surface area contributed by atoms with Gasteiger partial charge in [0.15, 0.2) is 5.69 Å². The van der Waals surface area contributed by atoms with E-state index in [9.17, 15) is 0 Å². The fraction of sp³-hybridized carbons (Fsp3) is 0.200. The van der Waals surface area contributed by atoms with Gasteiger partial charge in [-0.1, -0.05) is 22.4 Å². The van der Waals surface area contributed by atoms with Gasteiger partial charge in [-0.15, -0.1) is 0 Å². The molecule has 0 fully saturated rings. The van der Waals surface area contributed by atoms with Gasteiger partial charge < -0.3 is 21.4 Å². The fourth-order valence-corrected chi connectivity index (χ4v) is 1.28. The van der Waals surface area contributed by atoms with Crippen molar-refractivity contribution in [3.05, 3.63) is 35.7 Å². The van der Waals surface area contributed by atoms with E-state index in [1.807, 2.05) is 31.2 Å². The molecule has 0 unspecified atom stereocenters. The van der Waals surface area contributed by atoms with E-state index in [0.29, 0.717) is 11.9 Å². The highest BCUT2D eigenvalue weighted by atomic mass is 79.9. The Bertz CT molecular complexity index is 450. The molecule has 80 valence electrons. The molecule has 1 aromatic carbocycles. The molecule has 2 aromatic rings. The van der Waals surface area contributed by atoms with Gasteiger partial charge in [-0.2, -0.15) is 0 Å².